The number of nitrogens with one attached hydrogen (secondary N) is 3. The molecule has 1 aromatic heterocycles. The second-order valence-electron chi connectivity index (χ2n) is 7.81. The van der Waals surface area contributed by atoms with Gasteiger partial charge < -0.3 is 15.6 Å². The highest BCUT2D eigenvalue weighted by Gasteiger charge is 2.39. The van der Waals surface area contributed by atoms with Gasteiger partial charge in [-0.3, -0.25) is 14.5 Å². The van der Waals surface area contributed by atoms with Crippen LogP contribution in [0, 0.1) is 0 Å². The van der Waals surface area contributed by atoms with Gasteiger partial charge in [-0.1, -0.05) is 50.8 Å². The first-order chi connectivity index (χ1) is 14.0. The number of H-pyrrole nitrogens is 1. The van der Waals surface area contributed by atoms with Gasteiger partial charge in [-0.15, -0.1) is 0 Å². The average molecular weight is 399 g/mol. The maximum absolute atomic E-state index is 12.7. The van der Waals surface area contributed by atoms with Gasteiger partial charge in [0.1, 0.15) is 12.6 Å². The maximum Gasteiger partial charge on any atom is 0.325 e. The number of nitrogens with zero attached hydrogens (tertiary/aromatic N) is 1. The minimum atomic E-state index is -0.652. The van der Waals surface area contributed by atoms with Crippen LogP contribution in [0.25, 0.3) is 10.9 Å². The van der Waals surface area contributed by atoms with E-state index in [9.17, 15) is 14.4 Å². The maximum atomic E-state index is 12.7. The molecule has 1 aromatic carbocycles. The third kappa shape index (κ3) is 5.16. The number of urea groups is 1. The molecule has 1 saturated heterocycles. The molecular formula is C22H30N4O3. The molecule has 2 aromatic rings. The Labute approximate surface area is 171 Å². The Kier molecular flexibility index (Phi) is 6.90. The molecule has 0 bridgehead atoms. The molecule has 1 fully saturated rings. The van der Waals surface area contributed by atoms with E-state index in [4.69, 9.17) is 0 Å². The third-order valence-corrected chi connectivity index (χ3v) is 5.41. The van der Waals surface area contributed by atoms with Gasteiger partial charge in [0.25, 0.3) is 5.91 Å². The van der Waals surface area contributed by atoms with Crippen LogP contribution < -0.4 is 10.6 Å². The molecule has 29 heavy (non-hydrogen) atoms. The van der Waals surface area contributed by atoms with E-state index >= 15 is 0 Å². The summed E-state index contributed by atoms with van der Waals surface area (Å²) >= 11 is 0. The van der Waals surface area contributed by atoms with Gasteiger partial charge in [0.05, 0.1) is 0 Å². The Hall–Kier alpha value is -2.83. The zero-order chi connectivity index (χ0) is 20.8. The van der Waals surface area contributed by atoms with Crippen LogP contribution in [0.4, 0.5) is 4.79 Å². The number of carbonyl (C=O) groups excluding carboxylic acids is 3. The van der Waals surface area contributed by atoms with Gasteiger partial charge in [0, 0.05) is 29.6 Å². The van der Waals surface area contributed by atoms with Crippen molar-refractivity contribution in [3.05, 3.63) is 36.0 Å². The summed E-state index contributed by atoms with van der Waals surface area (Å²) in [5.74, 6) is -0.657. The van der Waals surface area contributed by atoms with Crippen LogP contribution in [0.2, 0.25) is 0 Å². The van der Waals surface area contributed by atoms with Gasteiger partial charge in [0.15, 0.2) is 0 Å². The first-order valence-corrected chi connectivity index (χ1v) is 10.5. The standard InChI is InChI=1S/C22H30N4O3/c1-3-4-5-6-9-15(2)24-20(27)14-26-21(28)19(25-22(26)29)12-16-13-23-18-11-8-7-10-17(16)18/h7-8,10-11,13,15,19,23H,3-6,9,12,14H2,1-2H3,(H,24,27)(H,25,29)/t15-,19+/m0/s1. The number of hydrogen-bond donors (Lipinski definition) is 3. The van der Waals surface area contributed by atoms with Crippen LogP contribution in [-0.2, 0) is 16.0 Å². The molecule has 0 radical (unpaired) electrons. The number of imide groups is 1. The van der Waals surface area contributed by atoms with Crippen molar-refractivity contribution in [1.82, 2.24) is 20.5 Å². The molecule has 0 aliphatic carbocycles. The van der Waals surface area contributed by atoms with Gasteiger partial charge >= 0.3 is 6.03 Å². The molecule has 2 heterocycles. The Bertz CT molecular complexity index is 876. The zero-order valence-electron chi connectivity index (χ0n) is 17.2. The fraction of sp³-hybridized carbons (Fsp3) is 0.500. The fourth-order valence-corrected chi connectivity index (χ4v) is 3.80. The van der Waals surface area contributed by atoms with Crippen molar-refractivity contribution >= 4 is 28.7 Å². The summed E-state index contributed by atoms with van der Waals surface area (Å²) in [6, 6.07) is 6.70. The first-order valence-electron chi connectivity index (χ1n) is 10.5. The second-order valence-corrected chi connectivity index (χ2v) is 7.81. The van der Waals surface area contributed by atoms with E-state index in [1.165, 1.54) is 12.8 Å². The first kappa shape index (κ1) is 20.9. The smallest absolute Gasteiger partial charge is 0.325 e. The second kappa shape index (κ2) is 9.58. The normalized spacial score (nSPS) is 17.6. The third-order valence-electron chi connectivity index (χ3n) is 5.41. The quantitative estimate of drug-likeness (QED) is 0.424. The van der Waals surface area contributed by atoms with E-state index in [0.717, 1.165) is 40.6 Å². The molecule has 0 spiro atoms. The summed E-state index contributed by atoms with van der Waals surface area (Å²) in [5.41, 5.74) is 1.95. The predicted octanol–water partition coefficient (Wildman–Crippen LogP) is 3.11. The number of aromatic amines is 1. The highest BCUT2D eigenvalue weighted by molar-refractivity contribution is 6.06. The number of rotatable bonds is 10. The van der Waals surface area contributed by atoms with Crippen molar-refractivity contribution in [2.24, 2.45) is 0 Å². The van der Waals surface area contributed by atoms with Gasteiger partial charge in [-0.05, 0) is 25.0 Å². The Morgan fingerprint density at radius 3 is 2.79 bits per heavy atom. The van der Waals surface area contributed by atoms with E-state index in [1.54, 1.807) is 0 Å². The lowest BCUT2D eigenvalue weighted by atomic mass is 10.1. The molecule has 156 valence electrons. The summed E-state index contributed by atoms with van der Waals surface area (Å²) in [4.78, 5) is 41.4. The van der Waals surface area contributed by atoms with E-state index < -0.39 is 12.1 Å². The molecule has 3 N–H and O–H groups in total. The monoisotopic (exact) mass is 398 g/mol. The van der Waals surface area contributed by atoms with Crippen molar-refractivity contribution in [3.63, 3.8) is 0 Å². The highest BCUT2D eigenvalue weighted by Crippen LogP contribution is 2.21. The molecule has 4 amide bonds. The molecule has 1 aliphatic rings. The SMILES string of the molecule is CCCCCC[C@H](C)NC(=O)CN1C(=O)N[C@H](Cc2c[nH]c3ccccc23)C1=O. The van der Waals surface area contributed by atoms with Gasteiger partial charge in [0.2, 0.25) is 5.91 Å². The number of aromatic nitrogens is 1. The minimum absolute atomic E-state index is 0.0298. The molecule has 7 nitrogen and oxygen atoms in total. The molecular weight excluding hydrogens is 368 g/mol. The largest absolute Gasteiger partial charge is 0.361 e. The molecule has 2 atom stereocenters. The van der Waals surface area contributed by atoms with E-state index in [1.807, 2.05) is 37.4 Å². The van der Waals surface area contributed by atoms with Crippen molar-refractivity contribution in [1.29, 1.82) is 0 Å². The predicted molar refractivity (Wildman–Crippen MR) is 112 cm³/mol. The molecule has 1 aliphatic heterocycles. The Balaban J connectivity index is 1.53. The zero-order valence-corrected chi connectivity index (χ0v) is 17.2. The van der Waals surface area contributed by atoms with Crippen LogP contribution >= 0.6 is 0 Å². The number of fused-ring (bicyclic) bond motifs is 1. The summed E-state index contributed by atoms with van der Waals surface area (Å²) < 4.78 is 0. The lowest BCUT2D eigenvalue weighted by Crippen LogP contribution is -2.43. The van der Waals surface area contributed by atoms with Crippen LogP contribution in [0.5, 0.6) is 0 Å². The number of benzene rings is 1. The van der Waals surface area contributed by atoms with E-state index in [0.29, 0.717) is 6.42 Å². The molecule has 3 rings (SSSR count). The molecule has 0 saturated carbocycles. The van der Waals surface area contributed by atoms with Gasteiger partial charge in [-0.25, -0.2) is 4.79 Å². The lowest BCUT2D eigenvalue weighted by molar-refractivity contribution is -0.132. The van der Waals surface area contributed by atoms with Gasteiger partial charge in [-0.2, -0.15) is 0 Å². The molecule has 0 unspecified atom stereocenters. The minimum Gasteiger partial charge on any atom is -0.361 e. The summed E-state index contributed by atoms with van der Waals surface area (Å²) in [6.45, 7) is 3.87. The number of unbranched alkanes of at least 4 members (excludes halogenated alkanes) is 3. The van der Waals surface area contributed by atoms with Crippen molar-refractivity contribution in [2.75, 3.05) is 6.54 Å². The van der Waals surface area contributed by atoms with E-state index in [2.05, 4.69) is 22.5 Å². The summed E-state index contributed by atoms with van der Waals surface area (Å²) in [6.07, 6.45) is 7.73. The van der Waals surface area contributed by atoms with Crippen molar-refractivity contribution in [3.8, 4) is 0 Å². The summed E-state index contributed by atoms with van der Waals surface area (Å²) in [7, 11) is 0. The van der Waals surface area contributed by atoms with Crippen LogP contribution in [-0.4, -0.2) is 46.4 Å². The summed E-state index contributed by atoms with van der Waals surface area (Å²) in [5, 5.41) is 6.63. The highest BCUT2D eigenvalue weighted by atomic mass is 16.2. The number of carbonyl (C=O) groups is 3. The average Bonchev–Trinajstić information content (AvgIpc) is 3.22. The van der Waals surface area contributed by atoms with Crippen molar-refractivity contribution < 1.29 is 14.4 Å². The van der Waals surface area contributed by atoms with Crippen LogP contribution in [0.3, 0.4) is 0 Å². The van der Waals surface area contributed by atoms with E-state index in [-0.39, 0.29) is 24.4 Å². The fourth-order valence-electron chi connectivity index (χ4n) is 3.80. The topological polar surface area (TPSA) is 94.3 Å². The van der Waals surface area contributed by atoms with Crippen LogP contribution in [0.1, 0.15) is 51.5 Å². The Morgan fingerprint density at radius 1 is 1.21 bits per heavy atom. The Morgan fingerprint density at radius 2 is 2.00 bits per heavy atom. The molecule has 7 heteroatoms. The number of amides is 4. The lowest BCUT2D eigenvalue weighted by Gasteiger charge is -2.17. The number of para-hydroxylation sites is 1. The number of hydrogen-bond acceptors (Lipinski definition) is 3. The van der Waals surface area contributed by atoms with Crippen molar-refractivity contribution in [2.45, 2.75) is 64.5 Å². The van der Waals surface area contributed by atoms with Crippen LogP contribution in [0.15, 0.2) is 30.5 Å².